The molecule has 1 aromatic rings. The molecule has 1 aliphatic rings. The highest BCUT2D eigenvalue weighted by molar-refractivity contribution is 5.85. The topological polar surface area (TPSA) is 49.9 Å². The minimum absolute atomic E-state index is 0.0304. The summed E-state index contributed by atoms with van der Waals surface area (Å²) in [5.41, 5.74) is 0.536. The van der Waals surface area contributed by atoms with Crippen molar-refractivity contribution in [2.75, 3.05) is 13.1 Å². The molecule has 1 aliphatic heterocycles. The standard InChI is InChI=1S/C18H26N2O3/c1-14-16(21)19(13-15-9-6-5-7-10-15)11-8-12-20(14)17(22)23-18(2,3)4/h5-7,9-10,14H,8,11-13H2,1-4H3. The maximum atomic E-state index is 12.7. The predicted octanol–water partition coefficient (Wildman–Crippen LogP) is 3.04. The van der Waals surface area contributed by atoms with Crippen LogP contribution in [0.5, 0.6) is 0 Å². The van der Waals surface area contributed by atoms with Gasteiger partial charge in [0.05, 0.1) is 0 Å². The highest BCUT2D eigenvalue weighted by Gasteiger charge is 2.34. The summed E-state index contributed by atoms with van der Waals surface area (Å²) < 4.78 is 5.42. The average molecular weight is 318 g/mol. The van der Waals surface area contributed by atoms with Gasteiger partial charge in [-0.1, -0.05) is 30.3 Å². The molecular formula is C18H26N2O3. The first-order valence-electron chi connectivity index (χ1n) is 8.10. The van der Waals surface area contributed by atoms with E-state index in [1.165, 1.54) is 0 Å². The summed E-state index contributed by atoms with van der Waals surface area (Å²) in [5, 5.41) is 0. The first kappa shape index (κ1) is 17.3. The highest BCUT2D eigenvalue weighted by Crippen LogP contribution is 2.18. The molecule has 2 amide bonds. The Morgan fingerprint density at radius 2 is 1.87 bits per heavy atom. The minimum Gasteiger partial charge on any atom is -0.444 e. The molecule has 0 aliphatic carbocycles. The fraction of sp³-hybridized carbons (Fsp3) is 0.556. The predicted molar refractivity (Wildman–Crippen MR) is 88.9 cm³/mol. The second-order valence-electron chi connectivity index (χ2n) is 6.95. The largest absolute Gasteiger partial charge is 0.444 e. The number of nitrogens with zero attached hydrogens (tertiary/aromatic N) is 2. The Morgan fingerprint density at radius 3 is 2.48 bits per heavy atom. The van der Waals surface area contributed by atoms with Crippen LogP contribution in [0.2, 0.25) is 0 Å². The molecule has 0 N–H and O–H groups in total. The van der Waals surface area contributed by atoms with Crippen molar-refractivity contribution in [3.05, 3.63) is 35.9 Å². The fourth-order valence-corrected chi connectivity index (χ4v) is 2.66. The Bertz CT molecular complexity index is 551. The van der Waals surface area contributed by atoms with E-state index in [9.17, 15) is 9.59 Å². The smallest absolute Gasteiger partial charge is 0.410 e. The second-order valence-corrected chi connectivity index (χ2v) is 6.95. The van der Waals surface area contributed by atoms with Crippen molar-refractivity contribution >= 4 is 12.0 Å². The first-order valence-corrected chi connectivity index (χ1v) is 8.10. The van der Waals surface area contributed by atoms with E-state index < -0.39 is 17.7 Å². The summed E-state index contributed by atoms with van der Waals surface area (Å²) in [6, 6.07) is 9.40. The number of carbonyl (C=O) groups excluding carboxylic acids is 2. The molecule has 0 aromatic heterocycles. The molecule has 1 atom stereocenters. The summed E-state index contributed by atoms with van der Waals surface area (Å²) in [4.78, 5) is 28.4. The molecule has 2 rings (SSSR count). The summed E-state index contributed by atoms with van der Waals surface area (Å²) in [6.07, 6.45) is 0.335. The van der Waals surface area contributed by atoms with E-state index in [0.717, 1.165) is 12.0 Å². The van der Waals surface area contributed by atoms with Gasteiger partial charge in [-0.05, 0) is 39.7 Å². The van der Waals surface area contributed by atoms with Gasteiger partial charge in [0.15, 0.2) is 0 Å². The lowest BCUT2D eigenvalue weighted by Gasteiger charge is -2.30. The van der Waals surface area contributed by atoms with Crippen LogP contribution in [0.15, 0.2) is 30.3 Å². The molecule has 1 unspecified atom stereocenters. The van der Waals surface area contributed by atoms with Gasteiger partial charge in [-0.15, -0.1) is 0 Å². The van der Waals surface area contributed by atoms with Crippen LogP contribution in [-0.4, -0.2) is 46.5 Å². The molecule has 126 valence electrons. The zero-order valence-electron chi connectivity index (χ0n) is 14.4. The molecule has 5 nitrogen and oxygen atoms in total. The Hall–Kier alpha value is -2.04. The van der Waals surface area contributed by atoms with Crippen molar-refractivity contribution < 1.29 is 14.3 Å². The van der Waals surface area contributed by atoms with Gasteiger partial charge in [0.25, 0.3) is 0 Å². The lowest BCUT2D eigenvalue weighted by molar-refractivity contribution is -0.135. The molecular weight excluding hydrogens is 292 g/mol. The van der Waals surface area contributed by atoms with Crippen molar-refractivity contribution in [2.45, 2.75) is 52.3 Å². The van der Waals surface area contributed by atoms with E-state index in [0.29, 0.717) is 19.6 Å². The average Bonchev–Trinajstić information content (AvgIpc) is 2.60. The van der Waals surface area contributed by atoms with Gasteiger partial charge in [0, 0.05) is 19.6 Å². The van der Waals surface area contributed by atoms with Gasteiger partial charge in [0.1, 0.15) is 11.6 Å². The quantitative estimate of drug-likeness (QED) is 0.842. The fourth-order valence-electron chi connectivity index (χ4n) is 2.66. The molecule has 1 fully saturated rings. The molecule has 1 aromatic carbocycles. The Kier molecular flexibility index (Phi) is 5.29. The lowest BCUT2D eigenvalue weighted by atomic mass is 10.2. The third-order valence-corrected chi connectivity index (χ3v) is 3.81. The van der Waals surface area contributed by atoms with Crippen LogP contribution in [0.25, 0.3) is 0 Å². The lowest BCUT2D eigenvalue weighted by Crippen LogP contribution is -2.48. The monoisotopic (exact) mass is 318 g/mol. The van der Waals surface area contributed by atoms with Crippen LogP contribution in [-0.2, 0) is 16.1 Å². The van der Waals surface area contributed by atoms with E-state index in [2.05, 4.69) is 0 Å². The molecule has 0 saturated carbocycles. The summed E-state index contributed by atoms with van der Waals surface area (Å²) in [5.74, 6) is -0.0304. The SMILES string of the molecule is CC1C(=O)N(Cc2ccccc2)CCCN1C(=O)OC(C)(C)C. The Labute approximate surface area is 138 Å². The number of hydrogen-bond acceptors (Lipinski definition) is 3. The molecule has 0 radical (unpaired) electrons. The molecule has 23 heavy (non-hydrogen) atoms. The maximum Gasteiger partial charge on any atom is 0.410 e. The summed E-state index contributed by atoms with van der Waals surface area (Å²) in [7, 11) is 0. The zero-order valence-corrected chi connectivity index (χ0v) is 14.4. The van der Waals surface area contributed by atoms with E-state index in [-0.39, 0.29) is 5.91 Å². The van der Waals surface area contributed by atoms with Gasteiger partial charge in [-0.3, -0.25) is 9.69 Å². The molecule has 1 saturated heterocycles. The number of rotatable bonds is 2. The molecule has 0 spiro atoms. The van der Waals surface area contributed by atoms with Crippen molar-refractivity contribution in [3.63, 3.8) is 0 Å². The number of hydrogen-bond donors (Lipinski definition) is 0. The Morgan fingerprint density at radius 1 is 1.22 bits per heavy atom. The minimum atomic E-state index is -0.560. The molecule has 0 bridgehead atoms. The van der Waals surface area contributed by atoms with Crippen molar-refractivity contribution in [3.8, 4) is 0 Å². The van der Waals surface area contributed by atoms with Crippen LogP contribution in [0.3, 0.4) is 0 Å². The normalized spacial score (nSPS) is 19.5. The van der Waals surface area contributed by atoms with Crippen LogP contribution in [0.1, 0.15) is 39.7 Å². The third kappa shape index (κ3) is 4.71. The number of ether oxygens (including phenoxy) is 1. The molecule has 1 heterocycles. The van der Waals surface area contributed by atoms with E-state index in [1.807, 2.05) is 56.0 Å². The van der Waals surface area contributed by atoms with Gasteiger partial charge in [-0.25, -0.2) is 4.79 Å². The van der Waals surface area contributed by atoms with Gasteiger partial charge >= 0.3 is 6.09 Å². The third-order valence-electron chi connectivity index (χ3n) is 3.81. The highest BCUT2D eigenvalue weighted by atomic mass is 16.6. The van der Waals surface area contributed by atoms with Gasteiger partial charge in [0.2, 0.25) is 5.91 Å². The van der Waals surface area contributed by atoms with Crippen molar-refractivity contribution in [1.82, 2.24) is 9.80 Å². The first-order chi connectivity index (χ1) is 10.8. The Balaban J connectivity index is 2.07. The van der Waals surface area contributed by atoms with Crippen LogP contribution < -0.4 is 0 Å². The van der Waals surface area contributed by atoms with E-state index >= 15 is 0 Å². The maximum absolute atomic E-state index is 12.7. The molecule has 5 heteroatoms. The number of benzene rings is 1. The van der Waals surface area contributed by atoms with Gasteiger partial charge < -0.3 is 9.64 Å². The van der Waals surface area contributed by atoms with Gasteiger partial charge in [-0.2, -0.15) is 0 Å². The van der Waals surface area contributed by atoms with Crippen molar-refractivity contribution in [1.29, 1.82) is 0 Å². The van der Waals surface area contributed by atoms with Crippen LogP contribution in [0.4, 0.5) is 4.79 Å². The van der Waals surface area contributed by atoms with E-state index in [1.54, 1.807) is 11.8 Å². The summed E-state index contributed by atoms with van der Waals surface area (Å²) in [6.45, 7) is 9.02. The number of amides is 2. The number of carbonyl (C=O) groups is 2. The zero-order chi connectivity index (χ0) is 17.0. The summed E-state index contributed by atoms with van der Waals surface area (Å²) >= 11 is 0. The van der Waals surface area contributed by atoms with E-state index in [4.69, 9.17) is 4.74 Å². The van der Waals surface area contributed by atoms with Crippen LogP contribution in [0, 0.1) is 0 Å². The van der Waals surface area contributed by atoms with Crippen LogP contribution >= 0.6 is 0 Å². The second kappa shape index (κ2) is 7.02. The van der Waals surface area contributed by atoms with Crippen molar-refractivity contribution in [2.24, 2.45) is 0 Å².